The average molecular weight is 423 g/mol. The number of hydrogen-bond donors (Lipinski definition) is 1. The van der Waals surface area contributed by atoms with Crippen molar-refractivity contribution in [2.75, 3.05) is 37.4 Å². The van der Waals surface area contributed by atoms with Crippen LogP contribution < -0.4 is 10.2 Å². The third-order valence-corrected chi connectivity index (χ3v) is 6.96. The average Bonchev–Trinajstić information content (AvgIpc) is 2.69. The molecule has 9 heteroatoms. The van der Waals surface area contributed by atoms with Gasteiger partial charge in [-0.2, -0.15) is 4.31 Å². The van der Waals surface area contributed by atoms with Gasteiger partial charge < -0.3 is 10.2 Å². The van der Waals surface area contributed by atoms with Crippen LogP contribution in [0.2, 0.25) is 5.02 Å². The molecule has 0 spiro atoms. The minimum absolute atomic E-state index is 0.0391. The number of halogens is 1. The van der Waals surface area contributed by atoms with E-state index in [0.29, 0.717) is 24.6 Å². The van der Waals surface area contributed by atoms with Crippen LogP contribution in [0.3, 0.4) is 0 Å². The number of anilines is 2. The SMILES string of the molecule is CN(C)c1ncccc1NC(=O)c1ccc(Cl)c(S(=O)(=O)N2CCCCC2)c1. The summed E-state index contributed by atoms with van der Waals surface area (Å²) in [6.07, 6.45) is 4.30. The molecule has 0 bridgehead atoms. The Morgan fingerprint density at radius 2 is 1.89 bits per heavy atom. The highest BCUT2D eigenvalue weighted by molar-refractivity contribution is 7.89. The van der Waals surface area contributed by atoms with Crippen molar-refractivity contribution < 1.29 is 13.2 Å². The zero-order valence-corrected chi connectivity index (χ0v) is 17.4. The molecule has 0 aliphatic carbocycles. The number of benzene rings is 1. The Labute approximate surface area is 170 Å². The fourth-order valence-corrected chi connectivity index (χ4v) is 5.15. The zero-order valence-electron chi connectivity index (χ0n) is 15.9. The molecule has 3 rings (SSSR count). The number of carbonyl (C=O) groups excluding carboxylic acids is 1. The summed E-state index contributed by atoms with van der Waals surface area (Å²) >= 11 is 6.18. The lowest BCUT2D eigenvalue weighted by Crippen LogP contribution is -2.35. The molecule has 1 aromatic heterocycles. The molecule has 0 atom stereocenters. The summed E-state index contributed by atoms with van der Waals surface area (Å²) in [5.41, 5.74) is 0.751. The second-order valence-electron chi connectivity index (χ2n) is 6.83. The van der Waals surface area contributed by atoms with Crippen molar-refractivity contribution in [2.24, 2.45) is 0 Å². The molecule has 2 aromatic rings. The van der Waals surface area contributed by atoms with Gasteiger partial charge in [-0.05, 0) is 43.2 Å². The van der Waals surface area contributed by atoms with E-state index in [1.165, 1.54) is 22.5 Å². The first-order valence-electron chi connectivity index (χ1n) is 9.04. The van der Waals surface area contributed by atoms with Crippen LogP contribution in [-0.2, 0) is 10.0 Å². The molecular formula is C19H23ClN4O3S. The summed E-state index contributed by atoms with van der Waals surface area (Å²) in [7, 11) is -0.0964. The maximum Gasteiger partial charge on any atom is 0.255 e. The van der Waals surface area contributed by atoms with Crippen molar-refractivity contribution in [3.63, 3.8) is 0 Å². The van der Waals surface area contributed by atoms with Crippen LogP contribution in [0.4, 0.5) is 11.5 Å². The predicted octanol–water partition coefficient (Wildman–Crippen LogP) is 3.23. The predicted molar refractivity (Wildman–Crippen MR) is 111 cm³/mol. The maximum absolute atomic E-state index is 13.0. The summed E-state index contributed by atoms with van der Waals surface area (Å²) in [5.74, 6) is 0.175. The molecule has 1 fully saturated rings. The van der Waals surface area contributed by atoms with Gasteiger partial charge in [-0.1, -0.05) is 18.0 Å². The van der Waals surface area contributed by atoms with Gasteiger partial charge in [0.1, 0.15) is 4.90 Å². The largest absolute Gasteiger partial charge is 0.361 e. The number of carbonyl (C=O) groups is 1. The van der Waals surface area contributed by atoms with Crippen LogP contribution in [0.5, 0.6) is 0 Å². The molecule has 0 saturated carbocycles. The zero-order chi connectivity index (χ0) is 20.3. The third kappa shape index (κ3) is 4.29. The molecule has 150 valence electrons. The number of sulfonamides is 1. The van der Waals surface area contributed by atoms with Crippen LogP contribution in [0.25, 0.3) is 0 Å². The number of aromatic nitrogens is 1. The first kappa shape index (κ1) is 20.6. The molecular weight excluding hydrogens is 400 g/mol. The lowest BCUT2D eigenvalue weighted by molar-refractivity contribution is 0.102. The van der Waals surface area contributed by atoms with E-state index < -0.39 is 15.9 Å². The number of amides is 1. The smallest absolute Gasteiger partial charge is 0.255 e. The van der Waals surface area contributed by atoms with Gasteiger partial charge in [0.15, 0.2) is 5.82 Å². The highest BCUT2D eigenvalue weighted by Crippen LogP contribution is 2.28. The second-order valence-corrected chi connectivity index (χ2v) is 9.15. The van der Waals surface area contributed by atoms with Gasteiger partial charge >= 0.3 is 0 Å². The molecule has 1 aliphatic heterocycles. The summed E-state index contributed by atoms with van der Waals surface area (Å²) in [6, 6.07) is 7.76. The molecule has 28 heavy (non-hydrogen) atoms. The van der Waals surface area contributed by atoms with Gasteiger partial charge in [0.05, 0.1) is 10.7 Å². The topological polar surface area (TPSA) is 82.6 Å². The van der Waals surface area contributed by atoms with E-state index in [9.17, 15) is 13.2 Å². The molecule has 0 unspecified atom stereocenters. The number of rotatable bonds is 5. The molecule has 7 nitrogen and oxygen atoms in total. The fourth-order valence-electron chi connectivity index (χ4n) is 3.13. The molecule has 1 saturated heterocycles. The maximum atomic E-state index is 13.0. The monoisotopic (exact) mass is 422 g/mol. The number of nitrogens with one attached hydrogen (secondary N) is 1. The van der Waals surface area contributed by atoms with Crippen molar-refractivity contribution in [2.45, 2.75) is 24.2 Å². The highest BCUT2D eigenvalue weighted by Gasteiger charge is 2.28. The molecule has 1 amide bonds. The van der Waals surface area contributed by atoms with Crippen molar-refractivity contribution in [1.82, 2.24) is 9.29 Å². The van der Waals surface area contributed by atoms with Crippen LogP contribution in [0, 0.1) is 0 Å². The van der Waals surface area contributed by atoms with Crippen molar-refractivity contribution in [3.8, 4) is 0 Å². The van der Waals surface area contributed by atoms with Crippen LogP contribution >= 0.6 is 11.6 Å². The van der Waals surface area contributed by atoms with Gasteiger partial charge in [0.25, 0.3) is 5.91 Å². The number of piperidine rings is 1. The van der Waals surface area contributed by atoms with Crippen molar-refractivity contribution in [3.05, 3.63) is 47.1 Å². The highest BCUT2D eigenvalue weighted by atomic mass is 35.5. The van der Waals surface area contributed by atoms with Gasteiger partial charge in [-0.3, -0.25) is 4.79 Å². The van der Waals surface area contributed by atoms with Gasteiger partial charge in [-0.25, -0.2) is 13.4 Å². The van der Waals surface area contributed by atoms with E-state index in [4.69, 9.17) is 11.6 Å². The third-order valence-electron chi connectivity index (χ3n) is 4.58. The Balaban J connectivity index is 1.90. The number of hydrogen-bond acceptors (Lipinski definition) is 5. The second kappa shape index (κ2) is 8.46. The van der Waals surface area contributed by atoms with E-state index >= 15 is 0 Å². The van der Waals surface area contributed by atoms with Crippen molar-refractivity contribution in [1.29, 1.82) is 0 Å². The van der Waals surface area contributed by atoms with Gasteiger partial charge in [-0.15, -0.1) is 0 Å². The molecule has 0 radical (unpaired) electrons. The van der Waals surface area contributed by atoms with E-state index in [1.807, 2.05) is 14.1 Å². The number of nitrogens with zero attached hydrogens (tertiary/aromatic N) is 3. The molecule has 1 aliphatic rings. The Kier molecular flexibility index (Phi) is 6.22. The Bertz CT molecular complexity index is 973. The Morgan fingerprint density at radius 1 is 1.18 bits per heavy atom. The fraction of sp³-hybridized carbons (Fsp3) is 0.368. The van der Waals surface area contributed by atoms with Crippen molar-refractivity contribution >= 4 is 39.0 Å². The van der Waals surface area contributed by atoms with Crippen LogP contribution in [0.15, 0.2) is 41.4 Å². The summed E-state index contributed by atoms with van der Waals surface area (Å²) in [6.45, 7) is 0.938. The first-order valence-corrected chi connectivity index (χ1v) is 10.9. The summed E-state index contributed by atoms with van der Waals surface area (Å²) in [5, 5.41) is 2.90. The summed E-state index contributed by atoms with van der Waals surface area (Å²) in [4.78, 5) is 18.7. The van der Waals surface area contributed by atoms with E-state index in [1.54, 1.807) is 23.2 Å². The quantitative estimate of drug-likeness (QED) is 0.799. The van der Waals surface area contributed by atoms with E-state index in [-0.39, 0.29) is 15.5 Å². The first-order chi connectivity index (χ1) is 13.3. The molecule has 2 heterocycles. The lowest BCUT2D eigenvalue weighted by atomic mass is 10.2. The summed E-state index contributed by atoms with van der Waals surface area (Å²) < 4.78 is 27.4. The Hall–Kier alpha value is -2.16. The molecule has 1 aromatic carbocycles. The van der Waals surface area contributed by atoms with E-state index in [2.05, 4.69) is 10.3 Å². The normalized spacial score (nSPS) is 15.2. The lowest BCUT2D eigenvalue weighted by Gasteiger charge is -2.26. The molecule has 1 N–H and O–H groups in total. The standard InChI is InChI=1S/C19H23ClN4O3S/c1-23(2)18-16(7-6-10-21-18)22-19(25)14-8-9-15(20)17(13-14)28(26,27)24-11-4-3-5-12-24/h6-10,13H,3-5,11-12H2,1-2H3,(H,22,25). The van der Waals surface area contributed by atoms with Gasteiger partial charge in [0.2, 0.25) is 10.0 Å². The minimum atomic E-state index is -3.74. The van der Waals surface area contributed by atoms with Gasteiger partial charge in [0, 0.05) is 38.9 Å². The minimum Gasteiger partial charge on any atom is -0.361 e. The van der Waals surface area contributed by atoms with Crippen LogP contribution in [-0.4, -0.2) is 50.8 Å². The van der Waals surface area contributed by atoms with E-state index in [0.717, 1.165) is 19.3 Å². The Morgan fingerprint density at radius 3 is 2.57 bits per heavy atom. The number of pyridine rings is 1. The van der Waals surface area contributed by atoms with Crippen LogP contribution in [0.1, 0.15) is 29.6 Å².